The molecule has 1 amide bonds. The SMILES string of the molecule is CCC(C)(CCO)NC(=O)/C=C/c1ccc(OCC#N)cc1. The number of nitrogens with zero attached hydrogens (tertiary/aromatic N) is 1. The highest BCUT2D eigenvalue weighted by Crippen LogP contribution is 2.15. The monoisotopic (exact) mass is 302 g/mol. The molecule has 0 radical (unpaired) electrons. The molecule has 0 aliphatic carbocycles. The van der Waals surface area contributed by atoms with E-state index in [4.69, 9.17) is 15.1 Å². The van der Waals surface area contributed by atoms with Crippen LogP contribution in [0.25, 0.3) is 6.08 Å². The van der Waals surface area contributed by atoms with Gasteiger partial charge in [-0.25, -0.2) is 0 Å². The maximum absolute atomic E-state index is 11.9. The average Bonchev–Trinajstić information content (AvgIpc) is 2.52. The van der Waals surface area contributed by atoms with Crippen LogP contribution in [0.1, 0.15) is 32.3 Å². The molecule has 0 saturated heterocycles. The number of hydrogen-bond acceptors (Lipinski definition) is 4. The highest BCUT2D eigenvalue weighted by atomic mass is 16.5. The number of nitrogens with one attached hydrogen (secondary N) is 1. The second-order valence-corrected chi connectivity index (χ2v) is 5.23. The average molecular weight is 302 g/mol. The van der Waals surface area contributed by atoms with Crippen LogP contribution in [-0.2, 0) is 4.79 Å². The summed E-state index contributed by atoms with van der Waals surface area (Å²) < 4.78 is 5.15. The molecule has 118 valence electrons. The van der Waals surface area contributed by atoms with Gasteiger partial charge in [0.15, 0.2) is 6.61 Å². The van der Waals surface area contributed by atoms with Gasteiger partial charge in [-0.2, -0.15) is 5.26 Å². The summed E-state index contributed by atoms with van der Waals surface area (Å²) in [6.07, 6.45) is 4.45. The molecule has 1 atom stereocenters. The van der Waals surface area contributed by atoms with Crippen molar-refractivity contribution in [2.24, 2.45) is 0 Å². The van der Waals surface area contributed by atoms with Crippen molar-refractivity contribution >= 4 is 12.0 Å². The Bertz CT molecular complexity index is 546. The minimum Gasteiger partial charge on any atom is -0.479 e. The van der Waals surface area contributed by atoms with Gasteiger partial charge in [-0.3, -0.25) is 4.79 Å². The molecule has 5 heteroatoms. The Kier molecular flexibility index (Phi) is 7.14. The molecule has 0 heterocycles. The molecule has 1 aromatic rings. The molecular weight excluding hydrogens is 280 g/mol. The summed E-state index contributed by atoms with van der Waals surface area (Å²) in [6, 6.07) is 9.01. The number of carbonyl (C=O) groups is 1. The summed E-state index contributed by atoms with van der Waals surface area (Å²) in [6.45, 7) is 3.94. The van der Waals surface area contributed by atoms with E-state index in [-0.39, 0.29) is 19.1 Å². The highest BCUT2D eigenvalue weighted by molar-refractivity contribution is 5.92. The maximum Gasteiger partial charge on any atom is 0.244 e. The first kappa shape index (κ1) is 17.7. The fraction of sp³-hybridized carbons (Fsp3) is 0.412. The van der Waals surface area contributed by atoms with E-state index in [0.29, 0.717) is 12.2 Å². The zero-order valence-corrected chi connectivity index (χ0v) is 13.0. The number of aliphatic hydroxyl groups excluding tert-OH is 1. The lowest BCUT2D eigenvalue weighted by molar-refractivity contribution is -0.118. The van der Waals surface area contributed by atoms with Crippen LogP contribution in [-0.4, -0.2) is 29.8 Å². The largest absolute Gasteiger partial charge is 0.479 e. The fourth-order valence-electron chi connectivity index (χ4n) is 1.88. The van der Waals surface area contributed by atoms with Crippen molar-refractivity contribution in [1.82, 2.24) is 5.32 Å². The third-order valence-corrected chi connectivity index (χ3v) is 3.48. The second kappa shape index (κ2) is 8.85. The van der Waals surface area contributed by atoms with Crippen molar-refractivity contribution in [3.8, 4) is 11.8 Å². The molecule has 0 bridgehead atoms. The molecule has 0 aliphatic rings. The molecule has 0 spiro atoms. The van der Waals surface area contributed by atoms with Crippen molar-refractivity contribution in [1.29, 1.82) is 5.26 Å². The van der Waals surface area contributed by atoms with E-state index in [9.17, 15) is 4.79 Å². The van der Waals surface area contributed by atoms with Crippen LogP contribution in [0.2, 0.25) is 0 Å². The Hall–Kier alpha value is -2.32. The number of aliphatic hydroxyl groups is 1. The van der Waals surface area contributed by atoms with Gasteiger partial charge in [0.25, 0.3) is 0 Å². The van der Waals surface area contributed by atoms with Gasteiger partial charge in [-0.15, -0.1) is 0 Å². The molecule has 0 fully saturated rings. The number of carbonyl (C=O) groups excluding carboxylic acids is 1. The standard InChI is InChI=1S/C17H22N2O3/c1-3-17(2,10-12-20)19-16(21)9-6-14-4-7-15(8-5-14)22-13-11-18/h4-9,20H,3,10,12-13H2,1-2H3,(H,19,21)/b9-6+. The van der Waals surface area contributed by atoms with Crippen LogP contribution in [0.5, 0.6) is 5.75 Å². The first-order chi connectivity index (χ1) is 10.5. The van der Waals surface area contributed by atoms with Gasteiger partial charge in [0, 0.05) is 18.2 Å². The van der Waals surface area contributed by atoms with Gasteiger partial charge in [-0.05, 0) is 43.5 Å². The first-order valence-electron chi connectivity index (χ1n) is 7.24. The number of amides is 1. The minimum absolute atomic E-state index is 0.0120. The molecule has 1 aromatic carbocycles. The third kappa shape index (κ3) is 5.98. The molecular formula is C17H22N2O3. The zero-order chi connectivity index (χ0) is 16.4. The van der Waals surface area contributed by atoms with Gasteiger partial charge in [0.05, 0.1) is 0 Å². The van der Waals surface area contributed by atoms with E-state index in [1.807, 2.05) is 32.0 Å². The molecule has 1 unspecified atom stereocenters. The van der Waals surface area contributed by atoms with Gasteiger partial charge in [0.1, 0.15) is 11.8 Å². The van der Waals surface area contributed by atoms with E-state index in [2.05, 4.69) is 5.32 Å². The Morgan fingerprint density at radius 1 is 1.45 bits per heavy atom. The van der Waals surface area contributed by atoms with Gasteiger partial charge in [-0.1, -0.05) is 19.1 Å². The van der Waals surface area contributed by atoms with Crippen LogP contribution >= 0.6 is 0 Å². The normalized spacial score (nSPS) is 13.4. The Morgan fingerprint density at radius 2 is 2.14 bits per heavy atom. The molecule has 2 N–H and O–H groups in total. The second-order valence-electron chi connectivity index (χ2n) is 5.23. The van der Waals surface area contributed by atoms with Gasteiger partial charge in [0.2, 0.25) is 5.91 Å². The summed E-state index contributed by atoms with van der Waals surface area (Å²) in [5.74, 6) is 0.423. The van der Waals surface area contributed by atoms with Crippen molar-refractivity contribution in [2.75, 3.05) is 13.2 Å². The Morgan fingerprint density at radius 3 is 2.68 bits per heavy atom. The summed E-state index contributed by atoms with van der Waals surface area (Å²) in [7, 11) is 0. The Labute approximate surface area is 131 Å². The number of benzene rings is 1. The van der Waals surface area contributed by atoms with Gasteiger partial charge < -0.3 is 15.2 Å². The van der Waals surface area contributed by atoms with Gasteiger partial charge >= 0.3 is 0 Å². The topological polar surface area (TPSA) is 82.3 Å². The summed E-state index contributed by atoms with van der Waals surface area (Å²) in [4.78, 5) is 11.9. The van der Waals surface area contributed by atoms with Crippen molar-refractivity contribution < 1.29 is 14.6 Å². The van der Waals surface area contributed by atoms with Crippen LogP contribution < -0.4 is 10.1 Å². The van der Waals surface area contributed by atoms with E-state index >= 15 is 0 Å². The zero-order valence-electron chi connectivity index (χ0n) is 13.0. The number of rotatable bonds is 8. The van der Waals surface area contributed by atoms with E-state index in [0.717, 1.165) is 12.0 Å². The van der Waals surface area contributed by atoms with E-state index in [1.54, 1.807) is 18.2 Å². The number of ether oxygens (including phenoxy) is 1. The third-order valence-electron chi connectivity index (χ3n) is 3.48. The molecule has 0 aliphatic heterocycles. The summed E-state index contributed by atoms with van der Waals surface area (Å²) in [5.41, 5.74) is 0.463. The number of nitriles is 1. The van der Waals surface area contributed by atoms with Crippen molar-refractivity contribution in [2.45, 2.75) is 32.2 Å². The lowest BCUT2D eigenvalue weighted by atomic mass is 9.95. The summed E-state index contributed by atoms with van der Waals surface area (Å²) in [5, 5.41) is 20.4. The maximum atomic E-state index is 11.9. The summed E-state index contributed by atoms with van der Waals surface area (Å²) >= 11 is 0. The van der Waals surface area contributed by atoms with Crippen LogP contribution in [0, 0.1) is 11.3 Å². The Balaban J connectivity index is 2.60. The molecule has 22 heavy (non-hydrogen) atoms. The molecule has 0 saturated carbocycles. The van der Waals surface area contributed by atoms with E-state index < -0.39 is 5.54 Å². The van der Waals surface area contributed by atoms with Crippen LogP contribution in [0.3, 0.4) is 0 Å². The molecule has 1 rings (SSSR count). The van der Waals surface area contributed by atoms with Crippen LogP contribution in [0.4, 0.5) is 0 Å². The minimum atomic E-state index is -0.398. The fourth-order valence-corrected chi connectivity index (χ4v) is 1.88. The first-order valence-corrected chi connectivity index (χ1v) is 7.24. The predicted molar refractivity (Wildman–Crippen MR) is 85.1 cm³/mol. The quantitative estimate of drug-likeness (QED) is 0.722. The van der Waals surface area contributed by atoms with E-state index in [1.165, 1.54) is 6.08 Å². The molecule has 5 nitrogen and oxygen atoms in total. The molecule has 0 aromatic heterocycles. The number of hydrogen-bond donors (Lipinski definition) is 2. The highest BCUT2D eigenvalue weighted by Gasteiger charge is 2.22. The lowest BCUT2D eigenvalue weighted by Crippen LogP contribution is -2.45. The smallest absolute Gasteiger partial charge is 0.244 e. The van der Waals surface area contributed by atoms with Crippen molar-refractivity contribution in [3.63, 3.8) is 0 Å². The van der Waals surface area contributed by atoms with Crippen molar-refractivity contribution in [3.05, 3.63) is 35.9 Å². The van der Waals surface area contributed by atoms with Crippen LogP contribution in [0.15, 0.2) is 30.3 Å². The lowest BCUT2D eigenvalue weighted by Gasteiger charge is -2.28. The predicted octanol–water partition coefficient (Wildman–Crippen LogP) is 2.27.